The summed E-state index contributed by atoms with van der Waals surface area (Å²) in [5.74, 6) is -0.478. The van der Waals surface area contributed by atoms with Gasteiger partial charge >= 0.3 is 0 Å². The van der Waals surface area contributed by atoms with Crippen LogP contribution >= 0.6 is 0 Å². The van der Waals surface area contributed by atoms with Gasteiger partial charge in [-0.05, 0) is 19.1 Å². The van der Waals surface area contributed by atoms with Gasteiger partial charge in [0.25, 0.3) is 0 Å². The third-order valence-corrected chi connectivity index (χ3v) is 3.08. The Labute approximate surface area is 122 Å². The van der Waals surface area contributed by atoms with Crippen LogP contribution < -0.4 is 15.6 Å². The molecule has 1 aliphatic rings. The number of hydrogen-bond acceptors (Lipinski definition) is 5. The van der Waals surface area contributed by atoms with Gasteiger partial charge in [-0.1, -0.05) is 12.1 Å². The molecule has 0 radical (unpaired) electrons. The number of carbonyl (C=O) groups excluding carboxylic acids is 2. The Hall–Kier alpha value is -2.70. The van der Waals surface area contributed by atoms with Crippen LogP contribution in [0.2, 0.25) is 0 Å². The first-order valence-electron chi connectivity index (χ1n) is 6.40. The SMILES string of the molecule is COc1ccccc1/C=N/NC(=O)CC1C(=O)NN=C1C. The Morgan fingerprint density at radius 1 is 1.52 bits per heavy atom. The zero-order chi connectivity index (χ0) is 15.2. The van der Waals surface area contributed by atoms with Gasteiger partial charge in [-0.3, -0.25) is 9.59 Å². The molecule has 1 aromatic rings. The van der Waals surface area contributed by atoms with E-state index in [1.54, 1.807) is 20.1 Å². The lowest BCUT2D eigenvalue weighted by molar-refractivity contribution is -0.127. The molecule has 1 heterocycles. The number of benzene rings is 1. The van der Waals surface area contributed by atoms with Crippen LogP contribution in [0.25, 0.3) is 0 Å². The normalized spacial score (nSPS) is 17.5. The maximum Gasteiger partial charge on any atom is 0.249 e. The van der Waals surface area contributed by atoms with E-state index in [0.717, 1.165) is 5.56 Å². The highest BCUT2D eigenvalue weighted by molar-refractivity contribution is 6.09. The summed E-state index contributed by atoms with van der Waals surface area (Å²) in [4.78, 5) is 23.2. The molecule has 1 aromatic carbocycles. The lowest BCUT2D eigenvalue weighted by atomic mass is 10.0. The number of para-hydroxylation sites is 1. The van der Waals surface area contributed by atoms with E-state index in [1.807, 2.05) is 18.2 Å². The second-order valence-corrected chi connectivity index (χ2v) is 4.52. The molecule has 2 rings (SSSR count). The molecule has 0 bridgehead atoms. The standard InChI is InChI=1S/C14H16N4O3/c1-9-11(14(20)18-16-9)7-13(19)17-15-8-10-5-3-4-6-12(10)21-2/h3-6,8,11H,7H2,1-2H3,(H,17,19)(H,18,20)/b15-8+. The van der Waals surface area contributed by atoms with Crippen molar-refractivity contribution in [1.82, 2.24) is 10.9 Å². The molecule has 21 heavy (non-hydrogen) atoms. The summed E-state index contributed by atoms with van der Waals surface area (Å²) in [6.07, 6.45) is 1.51. The number of rotatable bonds is 5. The van der Waals surface area contributed by atoms with Gasteiger partial charge in [0.1, 0.15) is 5.75 Å². The van der Waals surface area contributed by atoms with E-state index in [1.165, 1.54) is 6.21 Å². The molecule has 1 atom stereocenters. The van der Waals surface area contributed by atoms with Crippen LogP contribution in [0.5, 0.6) is 5.75 Å². The van der Waals surface area contributed by atoms with Crippen molar-refractivity contribution in [3.05, 3.63) is 29.8 Å². The first-order valence-corrected chi connectivity index (χ1v) is 6.40. The van der Waals surface area contributed by atoms with Crippen LogP contribution in [0, 0.1) is 5.92 Å². The van der Waals surface area contributed by atoms with Gasteiger partial charge in [0.15, 0.2) is 0 Å². The Morgan fingerprint density at radius 2 is 2.29 bits per heavy atom. The van der Waals surface area contributed by atoms with Crippen LogP contribution in [0.4, 0.5) is 0 Å². The number of hydrogen-bond donors (Lipinski definition) is 2. The van der Waals surface area contributed by atoms with Gasteiger partial charge in [-0.25, -0.2) is 10.9 Å². The third kappa shape index (κ3) is 3.65. The predicted octanol–water partition coefficient (Wildman–Crippen LogP) is 0.657. The smallest absolute Gasteiger partial charge is 0.249 e. The topological polar surface area (TPSA) is 92.1 Å². The fraction of sp³-hybridized carbons (Fsp3) is 0.286. The van der Waals surface area contributed by atoms with Gasteiger partial charge in [-0.2, -0.15) is 10.2 Å². The van der Waals surface area contributed by atoms with Crippen molar-refractivity contribution in [2.24, 2.45) is 16.1 Å². The van der Waals surface area contributed by atoms with E-state index in [-0.39, 0.29) is 18.2 Å². The molecule has 0 spiro atoms. The van der Waals surface area contributed by atoms with Gasteiger partial charge in [0.05, 0.1) is 19.2 Å². The summed E-state index contributed by atoms with van der Waals surface area (Å²) in [6.45, 7) is 1.70. The minimum absolute atomic E-state index is 0.0183. The molecular formula is C14H16N4O3. The van der Waals surface area contributed by atoms with Crippen molar-refractivity contribution in [2.75, 3.05) is 7.11 Å². The predicted molar refractivity (Wildman–Crippen MR) is 78.1 cm³/mol. The summed E-state index contributed by atoms with van der Waals surface area (Å²) in [7, 11) is 1.56. The molecule has 7 heteroatoms. The maximum atomic E-state index is 11.7. The molecule has 2 N–H and O–H groups in total. The minimum Gasteiger partial charge on any atom is -0.496 e. The van der Waals surface area contributed by atoms with Crippen molar-refractivity contribution in [3.8, 4) is 5.75 Å². The van der Waals surface area contributed by atoms with Crippen molar-refractivity contribution in [3.63, 3.8) is 0 Å². The van der Waals surface area contributed by atoms with Crippen molar-refractivity contribution < 1.29 is 14.3 Å². The third-order valence-electron chi connectivity index (χ3n) is 3.08. The molecule has 1 aliphatic heterocycles. The van der Waals surface area contributed by atoms with Crippen LogP contribution in [0.15, 0.2) is 34.5 Å². The summed E-state index contributed by atoms with van der Waals surface area (Å²) in [5.41, 5.74) is 6.07. The zero-order valence-electron chi connectivity index (χ0n) is 11.8. The van der Waals surface area contributed by atoms with E-state index >= 15 is 0 Å². The number of nitrogens with one attached hydrogen (secondary N) is 2. The number of amides is 2. The van der Waals surface area contributed by atoms with E-state index in [9.17, 15) is 9.59 Å². The van der Waals surface area contributed by atoms with E-state index in [4.69, 9.17) is 4.74 Å². The van der Waals surface area contributed by atoms with Gasteiger partial charge in [0.2, 0.25) is 11.8 Å². The van der Waals surface area contributed by atoms with Crippen LogP contribution in [-0.2, 0) is 9.59 Å². The Kier molecular flexibility index (Phi) is 4.65. The Morgan fingerprint density at radius 3 is 2.95 bits per heavy atom. The molecule has 0 aromatic heterocycles. The van der Waals surface area contributed by atoms with Gasteiger partial charge < -0.3 is 4.74 Å². The molecule has 7 nitrogen and oxygen atoms in total. The van der Waals surface area contributed by atoms with Crippen molar-refractivity contribution in [2.45, 2.75) is 13.3 Å². The van der Waals surface area contributed by atoms with Gasteiger partial charge in [0, 0.05) is 17.7 Å². The largest absolute Gasteiger partial charge is 0.496 e. The number of hydrazone groups is 2. The number of methoxy groups -OCH3 is 1. The lowest BCUT2D eigenvalue weighted by Gasteiger charge is -2.06. The summed E-state index contributed by atoms with van der Waals surface area (Å²) >= 11 is 0. The minimum atomic E-state index is -0.522. The summed E-state index contributed by atoms with van der Waals surface area (Å²) in [5, 5.41) is 7.65. The van der Waals surface area contributed by atoms with E-state index in [2.05, 4.69) is 21.1 Å². The first-order chi connectivity index (χ1) is 10.1. The fourth-order valence-corrected chi connectivity index (χ4v) is 1.91. The lowest BCUT2D eigenvalue weighted by Crippen LogP contribution is -2.29. The second-order valence-electron chi connectivity index (χ2n) is 4.52. The van der Waals surface area contributed by atoms with E-state index in [0.29, 0.717) is 11.5 Å². The van der Waals surface area contributed by atoms with Crippen LogP contribution in [0.3, 0.4) is 0 Å². The number of carbonyl (C=O) groups is 2. The van der Waals surface area contributed by atoms with Crippen molar-refractivity contribution >= 4 is 23.7 Å². The molecule has 0 saturated heterocycles. The molecule has 2 amide bonds. The second kappa shape index (κ2) is 6.65. The van der Waals surface area contributed by atoms with Crippen molar-refractivity contribution in [1.29, 1.82) is 0 Å². The Balaban J connectivity index is 1.90. The highest BCUT2D eigenvalue weighted by atomic mass is 16.5. The number of ether oxygens (including phenoxy) is 1. The molecule has 1 unspecified atom stereocenters. The highest BCUT2D eigenvalue weighted by Crippen LogP contribution is 2.14. The summed E-state index contributed by atoms with van der Waals surface area (Å²) < 4.78 is 5.17. The quantitative estimate of drug-likeness (QED) is 0.615. The average Bonchev–Trinajstić information content (AvgIpc) is 2.79. The Bertz CT molecular complexity index is 610. The zero-order valence-corrected chi connectivity index (χ0v) is 11.8. The highest BCUT2D eigenvalue weighted by Gasteiger charge is 2.28. The maximum absolute atomic E-state index is 11.7. The van der Waals surface area contributed by atoms with Crippen LogP contribution in [-0.4, -0.2) is 30.9 Å². The fourth-order valence-electron chi connectivity index (χ4n) is 1.91. The van der Waals surface area contributed by atoms with E-state index < -0.39 is 5.92 Å². The number of nitrogens with zero attached hydrogens (tertiary/aromatic N) is 2. The summed E-state index contributed by atoms with van der Waals surface area (Å²) in [6, 6.07) is 7.30. The monoisotopic (exact) mass is 288 g/mol. The van der Waals surface area contributed by atoms with Crippen LogP contribution in [0.1, 0.15) is 18.9 Å². The average molecular weight is 288 g/mol. The first kappa shape index (κ1) is 14.7. The molecule has 110 valence electrons. The van der Waals surface area contributed by atoms with Gasteiger partial charge in [-0.15, -0.1) is 0 Å². The molecule has 0 aliphatic carbocycles. The molecule has 0 fully saturated rings. The molecular weight excluding hydrogens is 272 g/mol. The molecule has 0 saturated carbocycles.